The van der Waals surface area contributed by atoms with Crippen LogP contribution in [0.3, 0.4) is 0 Å². The molecule has 0 spiro atoms. The van der Waals surface area contributed by atoms with E-state index in [0.717, 1.165) is 29.2 Å². The van der Waals surface area contributed by atoms with Gasteiger partial charge in [0.15, 0.2) is 0 Å². The van der Waals surface area contributed by atoms with Gasteiger partial charge in [0.1, 0.15) is 11.5 Å². The summed E-state index contributed by atoms with van der Waals surface area (Å²) in [6.45, 7) is 1.35. The van der Waals surface area contributed by atoms with Crippen molar-refractivity contribution in [1.29, 1.82) is 0 Å². The molecule has 0 aromatic heterocycles. The van der Waals surface area contributed by atoms with Gasteiger partial charge in [-0.2, -0.15) is 0 Å². The van der Waals surface area contributed by atoms with Gasteiger partial charge in [-0.1, -0.05) is 72.8 Å². The second-order valence-corrected chi connectivity index (χ2v) is 8.43. The van der Waals surface area contributed by atoms with Gasteiger partial charge in [-0.05, 0) is 47.2 Å². The van der Waals surface area contributed by atoms with Crippen molar-refractivity contribution in [2.75, 3.05) is 0 Å². The molecule has 0 heterocycles. The van der Waals surface area contributed by atoms with Crippen molar-refractivity contribution in [2.45, 2.75) is 44.6 Å². The smallest absolute Gasteiger partial charge is 0.307 e. The topological polar surface area (TPSA) is 63.6 Å². The summed E-state index contributed by atoms with van der Waals surface area (Å²) in [6.07, 6.45) is 3.55. The molecule has 164 valence electrons. The predicted molar refractivity (Wildman–Crippen MR) is 125 cm³/mol. The Hall–Kier alpha value is -3.24. The zero-order chi connectivity index (χ0) is 22.5. The number of Topliss-reactive ketones (excluding diaryl/α,β-unsaturated/α-hetero) is 1. The number of aliphatic hydroxyl groups excluding tert-OH is 1. The number of esters is 1. The molecular weight excluding hydrogens is 400 g/mol. The number of carbonyl (C=O) groups is 2. The van der Waals surface area contributed by atoms with Crippen molar-refractivity contribution in [3.63, 3.8) is 0 Å². The van der Waals surface area contributed by atoms with E-state index in [-0.39, 0.29) is 12.2 Å². The van der Waals surface area contributed by atoms with Crippen molar-refractivity contribution < 1.29 is 19.4 Å². The third kappa shape index (κ3) is 4.97. The summed E-state index contributed by atoms with van der Waals surface area (Å²) < 4.78 is 5.55. The molecule has 1 fully saturated rings. The van der Waals surface area contributed by atoms with E-state index in [1.54, 1.807) is 0 Å². The summed E-state index contributed by atoms with van der Waals surface area (Å²) in [5, 5.41) is 12.9. The van der Waals surface area contributed by atoms with Crippen LogP contribution in [0, 0.1) is 5.92 Å². The summed E-state index contributed by atoms with van der Waals surface area (Å²) >= 11 is 0. The van der Waals surface area contributed by atoms with Crippen LogP contribution >= 0.6 is 0 Å². The lowest BCUT2D eigenvalue weighted by atomic mass is 9.85. The fraction of sp³-hybridized carbons (Fsp3) is 0.286. The van der Waals surface area contributed by atoms with E-state index >= 15 is 0 Å². The number of carbonyl (C=O) groups excluding carboxylic acids is 2. The molecule has 32 heavy (non-hydrogen) atoms. The number of fused-ring (bicyclic) bond motifs is 1. The molecule has 0 amide bonds. The highest BCUT2D eigenvalue weighted by Gasteiger charge is 2.45. The minimum absolute atomic E-state index is 0.0277. The molecule has 4 nitrogen and oxygen atoms in total. The number of aryl methyl sites for hydroxylation is 1. The van der Waals surface area contributed by atoms with E-state index in [2.05, 4.69) is 12.1 Å². The first kappa shape index (κ1) is 22.0. The van der Waals surface area contributed by atoms with Crippen LogP contribution in [0.5, 0.6) is 0 Å². The van der Waals surface area contributed by atoms with Gasteiger partial charge in [-0.25, -0.2) is 0 Å². The third-order valence-corrected chi connectivity index (χ3v) is 6.11. The SMILES string of the molecule is CC(=O)OC(=CCCCc1ccccc1)[C@H]1[C@H](O)CC(=O)[C@H]1c1ccc2ccccc2c1. The second kappa shape index (κ2) is 9.92. The first-order valence-corrected chi connectivity index (χ1v) is 11.1. The Morgan fingerprint density at radius 1 is 1.03 bits per heavy atom. The average Bonchev–Trinajstić information content (AvgIpc) is 3.09. The van der Waals surface area contributed by atoms with Crippen LogP contribution in [0.2, 0.25) is 0 Å². The van der Waals surface area contributed by atoms with Gasteiger partial charge in [-0.15, -0.1) is 0 Å². The molecule has 1 aliphatic carbocycles. The molecule has 4 heteroatoms. The Kier molecular flexibility index (Phi) is 6.81. The van der Waals surface area contributed by atoms with Crippen LogP contribution in [0.15, 0.2) is 84.6 Å². The molecule has 0 radical (unpaired) electrons. The molecule has 1 aliphatic rings. The molecule has 0 aliphatic heterocycles. The van der Waals surface area contributed by atoms with Crippen molar-refractivity contribution in [3.05, 3.63) is 95.8 Å². The van der Waals surface area contributed by atoms with Crippen LogP contribution in [0.25, 0.3) is 10.8 Å². The summed E-state index contributed by atoms with van der Waals surface area (Å²) in [7, 11) is 0. The van der Waals surface area contributed by atoms with Gasteiger partial charge < -0.3 is 9.84 Å². The zero-order valence-electron chi connectivity index (χ0n) is 18.2. The lowest BCUT2D eigenvalue weighted by molar-refractivity contribution is -0.138. The number of unbranched alkanes of at least 4 members (excludes halogenated alkanes) is 1. The van der Waals surface area contributed by atoms with Gasteiger partial charge in [0.25, 0.3) is 0 Å². The highest BCUT2D eigenvalue weighted by atomic mass is 16.5. The van der Waals surface area contributed by atoms with E-state index in [0.29, 0.717) is 12.2 Å². The first-order valence-electron chi connectivity index (χ1n) is 11.1. The van der Waals surface area contributed by atoms with Crippen molar-refractivity contribution in [1.82, 2.24) is 0 Å². The van der Waals surface area contributed by atoms with E-state index in [1.165, 1.54) is 12.5 Å². The molecule has 1 N–H and O–H groups in total. The molecular formula is C28H28O4. The van der Waals surface area contributed by atoms with E-state index in [9.17, 15) is 14.7 Å². The fourth-order valence-corrected chi connectivity index (χ4v) is 4.64. The zero-order valence-corrected chi connectivity index (χ0v) is 18.2. The Labute approximate surface area is 188 Å². The normalized spacial score (nSPS) is 21.1. The largest absolute Gasteiger partial charge is 0.431 e. The maximum Gasteiger partial charge on any atom is 0.307 e. The van der Waals surface area contributed by atoms with Crippen LogP contribution in [0.4, 0.5) is 0 Å². The van der Waals surface area contributed by atoms with Gasteiger partial charge >= 0.3 is 5.97 Å². The van der Waals surface area contributed by atoms with E-state index in [4.69, 9.17) is 4.74 Å². The fourth-order valence-electron chi connectivity index (χ4n) is 4.64. The van der Waals surface area contributed by atoms with Gasteiger partial charge in [-0.3, -0.25) is 9.59 Å². The van der Waals surface area contributed by atoms with E-state index in [1.807, 2.05) is 66.7 Å². The average molecular weight is 429 g/mol. The molecule has 3 aromatic rings. The van der Waals surface area contributed by atoms with Crippen molar-refractivity contribution >= 4 is 22.5 Å². The van der Waals surface area contributed by atoms with Gasteiger partial charge in [0.05, 0.1) is 17.9 Å². The first-order chi connectivity index (χ1) is 15.5. The summed E-state index contributed by atoms with van der Waals surface area (Å²) in [5.74, 6) is -1.16. The van der Waals surface area contributed by atoms with Crippen LogP contribution < -0.4 is 0 Å². The predicted octanol–water partition coefficient (Wildman–Crippen LogP) is 5.34. The molecule has 0 unspecified atom stereocenters. The number of ether oxygens (including phenoxy) is 1. The van der Waals surface area contributed by atoms with Crippen LogP contribution in [-0.2, 0) is 20.7 Å². The Morgan fingerprint density at radius 2 is 1.75 bits per heavy atom. The second-order valence-electron chi connectivity index (χ2n) is 8.43. The minimum atomic E-state index is -0.876. The number of benzene rings is 3. The molecule has 4 rings (SSSR count). The number of rotatable bonds is 7. The quantitative estimate of drug-likeness (QED) is 0.313. The third-order valence-electron chi connectivity index (χ3n) is 6.11. The molecule has 3 atom stereocenters. The van der Waals surface area contributed by atoms with Crippen molar-refractivity contribution in [2.24, 2.45) is 5.92 Å². The minimum Gasteiger partial charge on any atom is -0.431 e. The summed E-state index contributed by atoms with van der Waals surface area (Å²) in [5.41, 5.74) is 2.10. The Balaban J connectivity index is 1.59. The van der Waals surface area contributed by atoms with E-state index < -0.39 is 23.9 Å². The lowest BCUT2D eigenvalue weighted by Gasteiger charge is -2.24. The standard InChI is InChI=1S/C28H28O4/c1-19(29)32-26(14-8-5-11-20-9-3-2-4-10-20)28-25(31)18-24(30)27(28)23-16-15-21-12-6-7-13-22(21)17-23/h2-4,6-7,9-10,12-17,25,27-28,31H,5,8,11,18H2,1H3/t25-,27-,28-/m1/s1. The number of hydrogen-bond donors (Lipinski definition) is 1. The van der Waals surface area contributed by atoms with Crippen LogP contribution in [0.1, 0.15) is 43.2 Å². The van der Waals surface area contributed by atoms with Gasteiger partial charge in [0.2, 0.25) is 0 Å². The maximum absolute atomic E-state index is 12.9. The number of allylic oxidation sites excluding steroid dienone is 1. The molecule has 0 bridgehead atoms. The Bertz CT molecular complexity index is 1130. The molecule has 3 aromatic carbocycles. The highest BCUT2D eigenvalue weighted by molar-refractivity contribution is 5.92. The maximum atomic E-state index is 12.9. The van der Waals surface area contributed by atoms with Crippen molar-refractivity contribution in [3.8, 4) is 0 Å². The van der Waals surface area contributed by atoms with Gasteiger partial charge in [0, 0.05) is 13.3 Å². The number of ketones is 1. The number of aliphatic hydroxyl groups is 1. The number of hydrogen-bond acceptors (Lipinski definition) is 4. The molecule has 1 saturated carbocycles. The highest BCUT2D eigenvalue weighted by Crippen LogP contribution is 2.42. The monoisotopic (exact) mass is 428 g/mol. The summed E-state index contributed by atoms with van der Waals surface area (Å²) in [4.78, 5) is 24.8. The summed E-state index contributed by atoms with van der Waals surface area (Å²) in [6, 6.07) is 24.1. The lowest BCUT2D eigenvalue weighted by Crippen LogP contribution is -2.24. The van der Waals surface area contributed by atoms with Crippen LogP contribution in [-0.4, -0.2) is 23.0 Å². The Morgan fingerprint density at radius 3 is 2.50 bits per heavy atom. The molecule has 0 saturated heterocycles.